The van der Waals surface area contributed by atoms with Crippen molar-refractivity contribution in [2.75, 3.05) is 0 Å². The van der Waals surface area contributed by atoms with Crippen LogP contribution in [-0.2, 0) is 17.4 Å². The van der Waals surface area contributed by atoms with Gasteiger partial charge in [0.2, 0.25) is 0 Å². The predicted molar refractivity (Wildman–Crippen MR) is 269 cm³/mol. The zero-order valence-electron chi connectivity index (χ0n) is 39.2. The summed E-state index contributed by atoms with van der Waals surface area (Å²) in [6.07, 6.45) is 13.5. The molecule has 0 aliphatic heterocycles. The second-order valence-corrected chi connectivity index (χ2v) is 52.5. The maximum atomic E-state index is 2.92. The van der Waals surface area contributed by atoms with Gasteiger partial charge in [0.15, 0.2) is 0 Å². The van der Waals surface area contributed by atoms with Gasteiger partial charge >= 0.3 is 378 Å². The fourth-order valence-corrected chi connectivity index (χ4v) is 32.1. The molecule has 0 N–H and O–H groups in total. The zero-order chi connectivity index (χ0) is 43.4. The number of aryl methyl sites for hydroxylation is 8. The first-order valence-electron chi connectivity index (χ1n) is 23.6. The van der Waals surface area contributed by atoms with Crippen molar-refractivity contribution in [3.8, 4) is 44.5 Å². The third-order valence-electron chi connectivity index (χ3n) is 15.0. The molecule has 2 heteroatoms. The molecule has 2 unspecified atom stereocenters. The van der Waals surface area contributed by atoms with Crippen LogP contribution in [0.4, 0.5) is 0 Å². The van der Waals surface area contributed by atoms with Gasteiger partial charge in [-0.05, 0) is 0 Å². The summed E-state index contributed by atoms with van der Waals surface area (Å²) in [6.45, 7) is 20.8. The van der Waals surface area contributed by atoms with Gasteiger partial charge < -0.3 is 0 Å². The Balaban J connectivity index is 1.28. The number of hydrogen-bond acceptors (Lipinski definition) is 0. The van der Waals surface area contributed by atoms with Gasteiger partial charge in [0.25, 0.3) is 0 Å². The Morgan fingerprint density at radius 2 is 0.661 bits per heavy atom. The molecule has 62 heavy (non-hydrogen) atoms. The van der Waals surface area contributed by atoms with Gasteiger partial charge in [0, 0.05) is 0 Å². The van der Waals surface area contributed by atoms with Gasteiger partial charge in [0.05, 0.1) is 0 Å². The Kier molecular flexibility index (Phi) is 10.3. The second kappa shape index (κ2) is 15.3. The van der Waals surface area contributed by atoms with E-state index in [0.29, 0.717) is 7.25 Å². The number of rotatable bonds is 10. The summed E-state index contributed by atoms with van der Waals surface area (Å²) < 4.78 is 6.71. The van der Waals surface area contributed by atoms with E-state index in [2.05, 4.69) is 181 Å². The molecule has 0 saturated heterocycles. The second-order valence-electron chi connectivity index (χ2n) is 22.0. The molecular weight excluding hydrogens is 840 g/mol. The van der Waals surface area contributed by atoms with Crippen LogP contribution in [0.1, 0.15) is 113 Å². The van der Waals surface area contributed by atoms with Crippen LogP contribution in [0.2, 0.25) is 9.26 Å². The van der Waals surface area contributed by atoms with E-state index in [1.165, 1.54) is 139 Å². The van der Waals surface area contributed by atoms with Gasteiger partial charge in [-0.2, -0.15) is 0 Å². The molecule has 10 rings (SSSR count). The Morgan fingerprint density at radius 1 is 0.403 bits per heavy atom. The van der Waals surface area contributed by atoms with Crippen LogP contribution in [0.15, 0.2) is 108 Å². The average molecular weight is 906 g/mol. The Labute approximate surface area is 375 Å². The van der Waals surface area contributed by atoms with Crippen molar-refractivity contribution in [2.24, 2.45) is 11.8 Å². The average Bonchev–Trinajstić information content (AvgIpc) is 4.09. The van der Waals surface area contributed by atoms with Gasteiger partial charge in [-0.3, -0.25) is 0 Å². The van der Waals surface area contributed by atoms with Crippen molar-refractivity contribution in [3.63, 3.8) is 0 Å². The first-order valence-corrected chi connectivity index (χ1v) is 37.3. The molecule has 314 valence electrons. The Bertz CT molecular complexity index is 2710. The topological polar surface area (TPSA) is 0 Å². The van der Waals surface area contributed by atoms with Crippen molar-refractivity contribution >= 4 is 19.0 Å². The molecule has 0 spiro atoms. The van der Waals surface area contributed by atoms with E-state index in [4.69, 9.17) is 0 Å². The number of fused-ring (bicyclic) bond motifs is 2. The van der Waals surface area contributed by atoms with Crippen LogP contribution in [0.3, 0.4) is 0 Å². The van der Waals surface area contributed by atoms with Crippen molar-refractivity contribution in [1.29, 1.82) is 0 Å². The van der Waals surface area contributed by atoms with Crippen molar-refractivity contribution in [2.45, 2.75) is 110 Å². The molecule has 4 aliphatic rings. The molecule has 6 aromatic rings. The fourth-order valence-electron chi connectivity index (χ4n) is 12.6. The van der Waals surface area contributed by atoms with Crippen LogP contribution in [0, 0.1) is 67.2 Å². The minimum absolute atomic E-state index is 0.433. The maximum absolute atomic E-state index is 4.21. The molecule has 0 amide bonds. The molecule has 6 aromatic carbocycles. The first kappa shape index (κ1) is 41.9. The normalized spacial score (nSPS) is 18.4. The van der Waals surface area contributed by atoms with E-state index in [9.17, 15) is 0 Å². The molecule has 0 heterocycles. The van der Waals surface area contributed by atoms with Crippen molar-refractivity contribution in [1.82, 2.24) is 0 Å². The quantitative estimate of drug-likeness (QED) is 0.120. The molecule has 0 bridgehead atoms. The van der Waals surface area contributed by atoms with E-state index in [1.54, 1.807) is 22.3 Å². The van der Waals surface area contributed by atoms with Crippen LogP contribution in [0.25, 0.3) is 56.7 Å². The molecule has 2 fully saturated rings. The van der Waals surface area contributed by atoms with Gasteiger partial charge in [-0.15, -0.1) is 0 Å². The zero-order valence-corrected chi connectivity index (χ0v) is 43.0. The van der Waals surface area contributed by atoms with Crippen LogP contribution >= 0.6 is 0 Å². The van der Waals surface area contributed by atoms with Gasteiger partial charge in [-0.25, -0.2) is 0 Å². The van der Waals surface area contributed by atoms with Crippen LogP contribution in [-0.4, -0.2) is 6.88 Å². The van der Waals surface area contributed by atoms with Crippen LogP contribution < -0.4 is 0 Å². The Hall–Kier alpha value is -4.10. The summed E-state index contributed by atoms with van der Waals surface area (Å²) in [6, 6.07) is 39.0. The number of allylic oxidation sites excluding steroid dienone is 2. The summed E-state index contributed by atoms with van der Waals surface area (Å²) in [5.74, 6) is 1.61. The summed E-state index contributed by atoms with van der Waals surface area (Å²) in [7, 11) is 0. The van der Waals surface area contributed by atoms with E-state index in [1.807, 2.05) is 0 Å². The molecule has 2 atom stereocenters. The minimum atomic E-state index is -4.21. The van der Waals surface area contributed by atoms with Crippen molar-refractivity contribution in [3.05, 3.63) is 175 Å². The van der Waals surface area contributed by atoms with E-state index >= 15 is 0 Å². The molecule has 0 nitrogen and oxygen atoms in total. The molecule has 0 radical (unpaired) electrons. The van der Waals surface area contributed by atoms with Gasteiger partial charge in [0.1, 0.15) is 0 Å². The molecule has 4 aliphatic carbocycles. The standard InChI is InChI=1S/2C29H29.2CH3.H2Si.Zr/c2*1-18-9-19(2)12-24(11-18)26-7-8-27(25-13-20(3)10-21(4)14-25)29-17-23(16-28(26)29)15-22-5-6-22;;;;/h2*7-14,16-17,22H,5-6,15H2,1-4H3;2*1H3;1H2;. The van der Waals surface area contributed by atoms with E-state index in [0.717, 1.165) is 11.8 Å². The number of hydrogen-bond donors (Lipinski definition) is 0. The SMILES string of the molecule is Cc1cc(C)cc(-c2ccc(-c3cc(C)cc(C)c3)c3c2C=C(CC2CC2)[CH]3[Zr]([CH3])([CH3])(=[SiH2])[CH]2C(CC3CC3)=Cc3c(-c4cc(C)cc(C)c4)ccc(-c4cc(C)cc(C)c4)c32)c1. The van der Waals surface area contributed by atoms with Crippen molar-refractivity contribution < 1.29 is 17.4 Å². The summed E-state index contributed by atoms with van der Waals surface area (Å²) in [5.41, 5.74) is 31.8. The number of benzene rings is 6. The Morgan fingerprint density at radius 3 is 0.935 bits per heavy atom. The first-order chi connectivity index (χ1) is 29.5. The predicted octanol–water partition coefficient (Wildman–Crippen LogP) is 16.3. The van der Waals surface area contributed by atoms with E-state index < -0.39 is 17.4 Å². The third kappa shape index (κ3) is 7.70. The van der Waals surface area contributed by atoms with Gasteiger partial charge in [-0.1, -0.05) is 0 Å². The monoisotopic (exact) mass is 904 g/mol. The van der Waals surface area contributed by atoms with Crippen LogP contribution in [0.5, 0.6) is 0 Å². The van der Waals surface area contributed by atoms with E-state index in [-0.39, 0.29) is 0 Å². The summed E-state index contributed by atoms with van der Waals surface area (Å²) >= 11 is -4.21. The molecule has 0 aromatic heterocycles. The summed E-state index contributed by atoms with van der Waals surface area (Å²) in [4.78, 5) is 0. The summed E-state index contributed by atoms with van der Waals surface area (Å²) in [5, 5.41) is 0. The fraction of sp³-hybridized carbons (Fsp3) is 0.333. The molecule has 2 saturated carbocycles. The molecular formula is C60H66SiZr. The third-order valence-corrected chi connectivity index (χ3v) is 32.4.